The maximum atomic E-state index is 12.5. The number of aliphatic carboxylic acids is 1. The van der Waals surface area contributed by atoms with Crippen LogP contribution in [0.2, 0.25) is 0 Å². The minimum atomic E-state index is -4.37. The molecule has 0 heterocycles. The Morgan fingerprint density at radius 3 is 2.07 bits per heavy atom. The molecule has 0 spiro atoms. The summed E-state index contributed by atoms with van der Waals surface area (Å²) in [6, 6.07) is -1.14. The Labute approximate surface area is 85.7 Å². The Bertz CT molecular complexity index is 259. The Morgan fingerprint density at radius 2 is 1.87 bits per heavy atom. The fraction of sp³-hybridized carbons (Fsp3) is 0.889. The van der Waals surface area contributed by atoms with Gasteiger partial charge in [0, 0.05) is 0 Å². The van der Waals surface area contributed by atoms with Crippen molar-refractivity contribution in [1.82, 2.24) is 5.32 Å². The number of carboxylic acids is 1. The van der Waals surface area contributed by atoms with Crippen molar-refractivity contribution in [2.24, 2.45) is 5.92 Å². The normalized spacial score (nSPS) is 21.5. The van der Waals surface area contributed by atoms with Crippen LogP contribution in [-0.2, 0) is 4.79 Å². The molecule has 6 heteroatoms. The summed E-state index contributed by atoms with van der Waals surface area (Å²) in [4.78, 5) is 10.7. The Kier molecular flexibility index (Phi) is 3.00. The van der Waals surface area contributed by atoms with Crippen molar-refractivity contribution in [2.45, 2.75) is 44.4 Å². The average Bonchev–Trinajstić information content (AvgIpc) is 2.77. The third kappa shape index (κ3) is 2.42. The Morgan fingerprint density at radius 1 is 1.40 bits per heavy atom. The van der Waals surface area contributed by atoms with Crippen LogP contribution < -0.4 is 5.32 Å². The second-order valence-corrected chi connectivity index (χ2v) is 4.28. The summed E-state index contributed by atoms with van der Waals surface area (Å²) >= 11 is 0. The van der Waals surface area contributed by atoms with E-state index in [0.29, 0.717) is 0 Å². The van der Waals surface area contributed by atoms with Gasteiger partial charge in [0.15, 0.2) is 0 Å². The molecule has 1 saturated carbocycles. The van der Waals surface area contributed by atoms with Gasteiger partial charge in [-0.3, -0.25) is 10.1 Å². The lowest BCUT2D eigenvalue weighted by Gasteiger charge is -2.27. The molecule has 1 rings (SSSR count). The van der Waals surface area contributed by atoms with E-state index in [-0.39, 0.29) is 18.8 Å². The molecular formula is C9H14F3NO2. The molecule has 2 N–H and O–H groups in total. The first-order chi connectivity index (χ1) is 6.69. The van der Waals surface area contributed by atoms with E-state index in [4.69, 9.17) is 5.11 Å². The second kappa shape index (κ2) is 3.66. The third-order valence-electron chi connectivity index (χ3n) is 2.66. The number of hydrogen-bond donors (Lipinski definition) is 2. The van der Waals surface area contributed by atoms with Crippen LogP contribution in [0.5, 0.6) is 0 Å². The molecule has 15 heavy (non-hydrogen) atoms. The lowest BCUT2D eigenvalue weighted by atomic mass is 10.0. The second-order valence-electron chi connectivity index (χ2n) is 4.28. The minimum Gasteiger partial charge on any atom is -0.480 e. The van der Waals surface area contributed by atoms with Gasteiger partial charge in [0.25, 0.3) is 0 Å². The summed E-state index contributed by atoms with van der Waals surface area (Å²) < 4.78 is 37.6. The molecule has 1 aliphatic rings. The Hall–Kier alpha value is -0.780. The Balaban J connectivity index is 2.72. The van der Waals surface area contributed by atoms with Crippen LogP contribution in [0, 0.1) is 5.92 Å². The predicted octanol–water partition coefficient (Wildman–Crippen LogP) is 1.78. The van der Waals surface area contributed by atoms with Crippen molar-refractivity contribution in [3.8, 4) is 0 Å². The van der Waals surface area contributed by atoms with Gasteiger partial charge < -0.3 is 5.11 Å². The van der Waals surface area contributed by atoms with Crippen LogP contribution >= 0.6 is 0 Å². The quantitative estimate of drug-likeness (QED) is 0.766. The molecule has 0 radical (unpaired) electrons. The molecule has 0 aromatic rings. The van der Waals surface area contributed by atoms with Crippen molar-refractivity contribution in [1.29, 1.82) is 0 Å². The molecule has 1 unspecified atom stereocenters. The lowest BCUT2D eigenvalue weighted by molar-refractivity contribution is -0.171. The molecule has 3 nitrogen and oxygen atoms in total. The molecule has 1 aliphatic carbocycles. The van der Waals surface area contributed by atoms with Gasteiger partial charge in [-0.2, -0.15) is 13.2 Å². The van der Waals surface area contributed by atoms with Crippen molar-refractivity contribution >= 4 is 5.97 Å². The van der Waals surface area contributed by atoms with Crippen LogP contribution in [0.3, 0.4) is 0 Å². The zero-order valence-corrected chi connectivity index (χ0v) is 8.56. The van der Waals surface area contributed by atoms with E-state index < -0.39 is 23.7 Å². The topological polar surface area (TPSA) is 49.3 Å². The largest absolute Gasteiger partial charge is 0.480 e. The van der Waals surface area contributed by atoms with Crippen LogP contribution in [0.4, 0.5) is 13.2 Å². The highest BCUT2D eigenvalue weighted by atomic mass is 19.4. The number of rotatable bonds is 4. The first-order valence-electron chi connectivity index (χ1n) is 4.77. The van der Waals surface area contributed by atoms with Crippen LogP contribution in [0.25, 0.3) is 0 Å². The smallest absolute Gasteiger partial charge is 0.406 e. The van der Waals surface area contributed by atoms with Gasteiger partial charge in [0.05, 0.1) is 0 Å². The SMILES string of the molecule is CC(C)C(NC1(C(F)(F)F)CC1)C(=O)O. The molecule has 1 atom stereocenters. The van der Waals surface area contributed by atoms with Gasteiger partial charge in [-0.25, -0.2) is 0 Å². The molecule has 0 aromatic heterocycles. The number of nitrogens with one attached hydrogen (secondary N) is 1. The van der Waals surface area contributed by atoms with E-state index in [1.165, 1.54) is 0 Å². The van der Waals surface area contributed by atoms with Gasteiger partial charge >= 0.3 is 12.1 Å². The zero-order chi connectivity index (χ0) is 11.9. The summed E-state index contributed by atoms with van der Waals surface area (Å²) in [5.74, 6) is -1.61. The van der Waals surface area contributed by atoms with Crippen molar-refractivity contribution in [3.05, 3.63) is 0 Å². The zero-order valence-electron chi connectivity index (χ0n) is 8.56. The maximum Gasteiger partial charge on any atom is 0.406 e. The van der Waals surface area contributed by atoms with Crippen LogP contribution in [0.15, 0.2) is 0 Å². The highest BCUT2D eigenvalue weighted by Crippen LogP contribution is 2.49. The summed E-state index contributed by atoms with van der Waals surface area (Å²) in [6.07, 6.45) is -4.43. The number of alkyl halides is 3. The first-order valence-corrected chi connectivity index (χ1v) is 4.77. The van der Waals surface area contributed by atoms with Crippen molar-refractivity contribution < 1.29 is 23.1 Å². The molecular weight excluding hydrogens is 211 g/mol. The summed E-state index contributed by atoms with van der Waals surface area (Å²) in [6.45, 7) is 3.16. The van der Waals surface area contributed by atoms with Gasteiger partial charge in [0.2, 0.25) is 0 Å². The minimum absolute atomic E-state index is 0.0347. The van der Waals surface area contributed by atoms with Gasteiger partial charge in [0.1, 0.15) is 11.6 Å². The van der Waals surface area contributed by atoms with E-state index in [1.807, 2.05) is 0 Å². The van der Waals surface area contributed by atoms with Crippen LogP contribution in [-0.4, -0.2) is 28.8 Å². The number of hydrogen-bond acceptors (Lipinski definition) is 2. The monoisotopic (exact) mass is 225 g/mol. The van der Waals surface area contributed by atoms with Crippen LogP contribution in [0.1, 0.15) is 26.7 Å². The summed E-state index contributed by atoms with van der Waals surface area (Å²) in [7, 11) is 0. The van der Waals surface area contributed by atoms with E-state index >= 15 is 0 Å². The molecule has 0 aliphatic heterocycles. The third-order valence-corrected chi connectivity index (χ3v) is 2.66. The summed E-state index contributed by atoms with van der Waals surface area (Å²) in [5.41, 5.74) is -1.96. The van der Waals surface area contributed by atoms with Crippen molar-refractivity contribution in [3.63, 3.8) is 0 Å². The molecule has 0 aromatic carbocycles. The highest BCUT2D eigenvalue weighted by Gasteiger charge is 2.64. The highest BCUT2D eigenvalue weighted by molar-refractivity contribution is 5.74. The first kappa shape index (κ1) is 12.3. The maximum absolute atomic E-state index is 12.5. The molecule has 0 bridgehead atoms. The summed E-state index contributed by atoms with van der Waals surface area (Å²) in [5, 5.41) is 11.0. The van der Waals surface area contributed by atoms with Gasteiger partial charge in [-0.05, 0) is 18.8 Å². The number of halogens is 3. The predicted molar refractivity (Wildman–Crippen MR) is 47.4 cm³/mol. The van der Waals surface area contributed by atoms with E-state index in [0.717, 1.165) is 0 Å². The molecule has 0 amide bonds. The molecule has 88 valence electrons. The van der Waals surface area contributed by atoms with E-state index in [1.54, 1.807) is 13.8 Å². The van der Waals surface area contributed by atoms with Crippen molar-refractivity contribution in [2.75, 3.05) is 0 Å². The number of carboxylic acid groups (broad SMARTS) is 1. The lowest BCUT2D eigenvalue weighted by Crippen LogP contribution is -2.54. The van der Waals surface area contributed by atoms with Gasteiger partial charge in [-0.15, -0.1) is 0 Å². The van der Waals surface area contributed by atoms with Gasteiger partial charge in [-0.1, -0.05) is 13.8 Å². The molecule has 1 fully saturated rings. The van der Waals surface area contributed by atoms with E-state index in [2.05, 4.69) is 5.32 Å². The number of carbonyl (C=O) groups is 1. The standard InChI is InChI=1S/C9H14F3NO2/c1-5(2)6(7(14)15)13-8(3-4-8)9(10,11)12/h5-6,13H,3-4H2,1-2H3,(H,14,15). The fourth-order valence-electron chi connectivity index (χ4n) is 1.45. The fourth-order valence-corrected chi connectivity index (χ4v) is 1.45. The molecule has 0 saturated heterocycles. The van der Waals surface area contributed by atoms with E-state index in [9.17, 15) is 18.0 Å². The average molecular weight is 225 g/mol.